The van der Waals surface area contributed by atoms with Gasteiger partial charge in [0.1, 0.15) is 0 Å². The fourth-order valence-corrected chi connectivity index (χ4v) is 1.05. The number of esters is 2. The summed E-state index contributed by atoms with van der Waals surface area (Å²) in [4.78, 5) is 21.4. The standard InChI is InChI=1S/C8H12O5/c1-11-7(9)8(10)13-5-6-2-3-12-4-6/h6H,2-5H2,1H3. The maximum absolute atomic E-state index is 10.8. The van der Waals surface area contributed by atoms with E-state index in [1.165, 1.54) is 0 Å². The first-order valence-electron chi connectivity index (χ1n) is 4.07. The van der Waals surface area contributed by atoms with Gasteiger partial charge in [-0.05, 0) is 6.42 Å². The van der Waals surface area contributed by atoms with Gasteiger partial charge in [0, 0.05) is 12.5 Å². The number of carbonyl (C=O) groups excluding carboxylic acids is 2. The summed E-state index contributed by atoms with van der Waals surface area (Å²) in [6.45, 7) is 1.52. The molecule has 1 aliphatic heterocycles. The minimum atomic E-state index is -0.959. The highest BCUT2D eigenvalue weighted by molar-refractivity contribution is 6.29. The van der Waals surface area contributed by atoms with Crippen LogP contribution in [0.2, 0.25) is 0 Å². The maximum Gasteiger partial charge on any atom is 0.417 e. The molecule has 1 saturated heterocycles. The van der Waals surface area contributed by atoms with Gasteiger partial charge in [0.05, 0.1) is 20.3 Å². The average Bonchev–Trinajstić information content (AvgIpc) is 2.65. The van der Waals surface area contributed by atoms with Crippen LogP contribution in [-0.4, -0.2) is 38.9 Å². The van der Waals surface area contributed by atoms with Gasteiger partial charge in [0.15, 0.2) is 0 Å². The van der Waals surface area contributed by atoms with Crippen molar-refractivity contribution in [3.05, 3.63) is 0 Å². The van der Waals surface area contributed by atoms with E-state index in [1.54, 1.807) is 0 Å². The van der Waals surface area contributed by atoms with Gasteiger partial charge in [-0.2, -0.15) is 0 Å². The summed E-state index contributed by atoms with van der Waals surface area (Å²) in [7, 11) is 1.14. The van der Waals surface area contributed by atoms with Crippen molar-refractivity contribution in [2.24, 2.45) is 5.92 Å². The molecule has 1 heterocycles. The fraction of sp³-hybridized carbons (Fsp3) is 0.750. The van der Waals surface area contributed by atoms with Crippen molar-refractivity contribution in [2.75, 3.05) is 26.9 Å². The second-order valence-electron chi connectivity index (χ2n) is 2.82. The van der Waals surface area contributed by atoms with Gasteiger partial charge in [0.25, 0.3) is 0 Å². The smallest absolute Gasteiger partial charge is 0.417 e. The van der Waals surface area contributed by atoms with Gasteiger partial charge in [-0.3, -0.25) is 0 Å². The van der Waals surface area contributed by atoms with E-state index in [1.807, 2.05) is 0 Å². The van der Waals surface area contributed by atoms with Gasteiger partial charge < -0.3 is 14.2 Å². The number of carbonyl (C=O) groups is 2. The minimum Gasteiger partial charge on any atom is -0.461 e. The largest absolute Gasteiger partial charge is 0.461 e. The number of rotatable bonds is 2. The van der Waals surface area contributed by atoms with E-state index in [2.05, 4.69) is 9.47 Å². The van der Waals surface area contributed by atoms with E-state index in [0.29, 0.717) is 13.2 Å². The minimum absolute atomic E-state index is 0.216. The Morgan fingerprint density at radius 1 is 1.46 bits per heavy atom. The molecule has 1 fully saturated rings. The van der Waals surface area contributed by atoms with Crippen molar-refractivity contribution in [3.63, 3.8) is 0 Å². The molecule has 5 heteroatoms. The average molecular weight is 188 g/mol. The van der Waals surface area contributed by atoms with Gasteiger partial charge in [-0.15, -0.1) is 0 Å². The highest BCUT2D eigenvalue weighted by atomic mass is 16.6. The molecular formula is C8H12O5. The molecule has 74 valence electrons. The fourth-order valence-electron chi connectivity index (χ4n) is 1.05. The Morgan fingerprint density at radius 3 is 2.77 bits per heavy atom. The van der Waals surface area contributed by atoms with Crippen molar-refractivity contribution in [3.8, 4) is 0 Å². The third kappa shape index (κ3) is 3.02. The van der Waals surface area contributed by atoms with Crippen LogP contribution in [0.25, 0.3) is 0 Å². The van der Waals surface area contributed by atoms with Crippen molar-refractivity contribution in [2.45, 2.75) is 6.42 Å². The zero-order chi connectivity index (χ0) is 9.68. The molecule has 0 N–H and O–H groups in total. The highest BCUT2D eigenvalue weighted by Gasteiger charge is 2.21. The third-order valence-electron chi connectivity index (χ3n) is 1.83. The summed E-state index contributed by atoms with van der Waals surface area (Å²) in [6.07, 6.45) is 0.869. The van der Waals surface area contributed by atoms with Crippen LogP contribution in [0.4, 0.5) is 0 Å². The predicted octanol–water partition coefficient (Wildman–Crippen LogP) is -0.261. The Kier molecular flexibility index (Phi) is 3.70. The number of hydrogen-bond acceptors (Lipinski definition) is 5. The number of methoxy groups -OCH3 is 1. The highest BCUT2D eigenvalue weighted by Crippen LogP contribution is 2.12. The Labute approximate surface area is 76.0 Å². The molecule has 1 aliphatic rings. The Hall–Kier alpha value is -1.10. The molecule has 5 nitrogen and oxygen atoms in total. The van der Waals surface area contributed by atoms with Crippen molar-refractivity contribution < 1.29 is 23.8 Å². The van der Waals surface area contributed by atoms with Gasteiger partial charge in [0.2, 0.25) is 0 Å². The second-order valence-corrected chi connectivity index (χ2v) is 2.82. The summed E-state index contributed by atoms with van der Waals surface area (Å²) in [6, 6.07) is 0. The van der Waals surface area contributed by atoms with E-state index in [4.69, 9.17) is 4.74 Å². The van der Waals surface area contributed by atoms with Crippen LogP contribution >= 0.6 is 0 Å². The molecule has 0 amide bonds. The van der Waals surface area contributed by atoms with E-state index in [0.717, 1.165) is 13.5 Å². The molecule has 0 bridgehead atoms. The summed E-state index contributed by atoms with van der Waals surface area (Å²) in [5.41, 5.74) is 0. The summed E-state index contributed by atoms with van der Waals surface area (Å²) < 4.78 is 13.9. The lowest BCUT2D eigenvalue weighted by atomic mass is 10.1. The Balaban J connectivity index is 2.17. The molecule has 0 aliphatic carbocycles. The van der Waals surface area contributed by atoms with E-state index in [9.17, 15) is 9.59 Å². The molecule has 0 saturated carbocycles. The van der Waals surface area contributed by atoms with Crippen LogP contribution in [0.1, 0.15) is 6.42 Å². The van der Waals surface area contributed by atoms with Crippen LogP contribution in [0.3, 0.4) is 0 Å². The topological polar surface area (TPSA) is 61.8 Å². The summed E-state index contributed by atoms with van der Waals surface area (Å²) in [5, 5.41) is 0. The Bertz CT molecular complexity index is 195. The first-order valence-corrected chi connectivity index (χ1v) is 4.07. The van der Waals surface area contributed by atoms with Crippen LogP contribution in [0.15, 0.2) is 0 Å². The van der Waals surface area contributed by atoms with Crippen molar-refractivity contribution in [1.29, 1.82) is 0 Å². The van der Waals surface area contributed by atoms with Gasteiger partial charge in [-0.1, -0.05) is 0 Å². The normalized spacial score (nSPS) is 21.2. The summed E-state index contributed by atoms with van der Waals surface area (Å²) >= 11 is 0. The Morgan fingerprint density at radius 2 is 2.23 bits per heavy atom. The molecule has 0 spiro atoms. The van der Waals surface area contributed by atoms with Crippen LogP contribution < -0.4 is 0 Å². The van der Waals surface area contributed by atoms with Crippen LogP contribution in [0, 0.1) is 5.92 Å². The first-order chi connectivity index (χ1) is 6.24. The molecule has 0 radical (unpaired) electrons. The lowest BCUT2D eigenvalue weighted by molar-refractivity contribution is -0.166. The number of hydrogen-bond donors (Lipinski definition) is 0. The van der Waals surface area contributed by atoms with E-state index >= 15 is 0 Å². The molecule has 0 aromatic heterocycles. The maximum atomic E-state index is 10.8. The SMILES string of the molecule is COC(=O)C(=O)OCC1CCOC1. The lowest BCUT2D eigenvalue weighted by Crippen LogP contribution is -2.22. The van der Waals surface area contributed by atoms with Gasteiger partial charge in [-0.25, -0.2) is 9.59 Å². The first kappa shape index (κ1) is 9.98. The van der Waals surface area contributed by atoms with Crippen LogP contribution in [-0.2, 0) is 23.8 Å². The van der Waals surface area contributed by atoms with Crippen molar-refractivity contribution in [1.82, 2.24) is 0 Å². The quantitative estimate of drug-likeness (QED) is 0.441. The molecule has 1 unspecified atom stereocenters. The zero-order valence-corrected chi connectivity index (χ0v) is 7.45. The van der Waals surface area contributed by atoms with Gasteiger partial charge >= 0.3 is 11.9 Å². The molecule has 13 heavy (non-hydrogen) atoms. The van der Waals surface area contributed by atoms with Crippen LogP contribution in [0.5, 0.6) is 0 Å². The van der Waals surface area contributed by atoms with Crippen molar-refractivity contribution >= 4 is 11.9 Å². The zero-order valence-electron chi connectivity index (χ0n) is 7.45. The van der Waals surface area contributed by atoms with E-state index < -0.39 is 11.9 Å². The monoisotopic (exact) mass is 188 g/mol. The predicted molar refractivity (Wildman–Crippen MR) is 41.9 cm³/mol. The molecule has 1 rings (SSSR count). The summed E-state index contributed by atoms with van der Waals surface area (Å²) in [5.74, 6) is -1.68. The molecular weight excluding hydrogens is 176 g/mol. The molecule has 0 aromatic rings. The third-order valence-corrected chi connectivity index (χ3v) is 1.83. The molecule has 1 atom stereocenters. The molecule has 0 aromatic carbocycles. The lowest BCUT2D eigenvalue weighted by Gasteiger charge is -2.06. The number of ether oxygens (including phenoxy) is 3. The van der Waals surface area contributed by atoms with E-state index in [-0.39, 0.29) is 12.5 Å². The second kappa shape index (κ2) is 4.81.